The topological polar surface area (TPSA) is 35.5 Å². The Hall–Kier alpha value is -0.770. The molecule has 4 heteroatoms. The summed E-state index contributed by atoms with van der Waals surface area (Å²) in [6.07, 6.45) is 0. The lowest BCUT2D eigenvalue weighted by Crippen LogP contribution is -2.48. The smallest absolute Gasteiger partial charge is 0.134 e. The molecule has 1 heterocycles. The minimum atomic E-state index is 0.152. The van der Waals surface area contributed by atoms with Gasteiger partial charge in [0, 0.05) is 32.2 Å². The van der Waals surface area contributed by atoms with Crippen molar-refractivity contribution in [2.75, 3.05) is 19.6 Å². The fraction of sp³-hybridized carbons (Fsp3) is 0.500. The second kappa shape index (κ2) is 5.04. The SMILES string of the molecule is CC1CN(Cc2ccc(O)c(Cl)c2)CCN1. The van der Waals surface area contributed by atoms with Gasteiger partial charge in [-0.2, -0.15) is 0 Å². The maximum atomic E-state index is 9.34. The maximum Gasteiger partial charge on any atom is 0.134 e. The number of halogens is 1. The van der Waals surface area contributed by atoms with Gasteiger partial charge in [-0.05, 0) is 24.6 Å². The van der Waals surface area contributed by atoms with E-state index in [0.29, 0.717) is 11.1 Å². The zero-order valence-corrected chi connectivity index (χ0v) is 10.2. The molecule has 0 radical (unpaired) electrons. The maximum absolute atomic E-state index is 9.34. The summed E-state index contributed by atoms with van der Waals surface area (Å²) in [6, 6.07) is 5.96. The predicted molar refractivity (Wildman–Crippen MR) is 65.9 cm³/mol. The monoisotopic (exact) mass is 240 g/mol. The van der Waals surface area contributed by atoms with E-state index in [9.17, 15) is 5.11 Å². The molecule has 0 bridgehead atoms. The Balaban J connectivity index is 2.00. The van der Waals surface area contributed by atoms with Crippen molar-refractivity contribution in [3.63, 3.8) is 0 Å². The number of hydrogen-bond donors (Lipinski definition) is 2. The first kappa shape index (κ1) is 11.7. The number of piperazine rings is 1. The van der Waals surface area contributed by atoms with Crippen molar-refractivity contribution in [2.24, 2.45) is 0 Å². The lowest BCUT2D eigenvalue weighted by atomic mass is 10.1. The number of hydrogen-bond acceptors (Lipinski definition) is 3. The first-order valence-electron chi connectivity index (χ1n) is 5.58. The summed E-state index contributed by atoms with van der Waals surface area (Å²) < 4.78 is 0. The summed E-state index contributed by atoms with van der Waals surface area (Å²) in [4.78, 5) is 2.39. The van der Waals surface area contributed by atoms with Crippen LogP contribution in [0.5, 0.6) is 5.75 Å². The summed E-state index contributed by atoms with van der Waals surface area (Å²) in [5.74, 6) is 0.152. The second-order valence-electron chi connectivity index (χ2n) is 4.38. The highest BCUT2D eigenvalue weighted by molar-refractivity contribution is 6.32. The first-order valence-corrected chi connectivity index (χ1v) is 5.96. The van der Waals surface area contributed by atoms with Crippen molar-refractivity contribution in [1.29, 1.82) is 0 Å². The van der Waals surface area contributed by atoms with Crippen molar-refractivity contribution in [3.05, 3.63) is 28.8 Å². The molecular weight excluding hydrogens is 224 g/mol. The molecular formula is C12H17ClN2O. The number of phenolic OH excluding ortho intramolecular Hbond substituents is 1. The molecule has 0 spiro atoms. The molecule has 0 aromatic heterocycles. The van der Waals surface area contributed by atoms with Gasteiger partial charge in [0.2, 0.25) is 0 Å². The van der Waals surface area contributed by atoms with Gasteiger partial charge < -0.3 is 10.4 Å². The Morgan fingerprint density at radius 1 is 1.56 bits per heavy atom. The summed E-state index contributed by atoms with van der Waals surface area (Å²) >= 11 is 5.88. The highest BCUT2D eigenvalue weighted by atomic mass is 35.5. The molecule has 0 aliphatic carbocycles. The van der Waals surface area contributed by atoms with Crippen molar-refractivity contribution >= 4 is 11.6 Å². The molecule has 1 aliphatic rings. The highest BCUT2D eigenvalue weighted by Crippen LogP contribution is 2.24. The molecule has 1 atom stereocenters. The lowest BCUT2D eigenvalue weighted by molar-refractivity contribution is 0.199. The minimum Gasteiger partial charge on any atom is -0.506 e. The number of aromatic hydroxyl groups is 1. The van der Waals surface area contributed by atoms with Crippen LogP contribution >= 0.6 is 11.6 Å². The normalized spacial score (nSPS) is 22.2. The van der Waals surface area contributed by atoms with Crippen molar-refractivity contribution in [2.45, 2.75) is 19.5 Å². The van der Waals surface area contributed by atoms with E-state index in [1.54, 1.807) is 6.07 Å². The molecule has 2 N–H and O–H groups in total. The van der Waals surface area contributed by atoms with Gasteiger partial charge in [-0.15, -0.1) is 0 Å². The quantitative estimate of drug-likeness (QED) is 0.828. The van der Waals surface area contributed by atoms with Crippen LogP contribution in [0.1, 0.15) is 12.5 Å². The molecule has 1 unspecified atom stereocenters. The van der Waals surface area contributed by atoms with E-state index in [0.717, 1.165) is 31.7 Å². The van der Waals surface area contributed by atoms with Gasteiger partial charge in [-0.3, -0.25) is 4.90 Å². The van der Waals surface area contributed by atoms with Crippen LogP contribution in [0.4, 0.5) is 0 Å². The van der Waals surface area contributed by atoms with Gasteiger partial charge in [-0.1, -0.05) is 17.7 Å². The van der Waals surface area contributed by atoms with Crippen LogP contribution in [0.2, 0.25) is 5.02 Å². The number of phenols is 1. The predicted octanol–water partition coefficient (Wildman–Crippen LogP) is 1.84. The van der Waals surface area contributed by atoms with Crippen molar-refractivity contribution < 1.29 is 5.11 Å². The minimum absolute atomic E-state index is 0.152. The zero-order valence-electron chi connectivity index (χ0n) is 9.41. The average molecular weight is 241 g/mol. The van der Waals surface area contributed by atoms with Crippen LogP contribution in [-0.2, 0) is 6.54 Å². The van der Waals surface area contributed by atoms with Crippen molar-refractivity contribution in [1.82, 2.24) is 10.2 Å². The summed E-state index contributed by atoms with van der Waals surface area (Å²) in [5, 5.41) is 13.2. The average Bonchev–Trinajstić information content (AvgIpc) is 2.24. The molecule has 1 aliphatic heterocycles. The Kier molecular flexibility index (Phi) is 3.69. The molecule has 0 amide bonds. The Morgan fingerprint density at radius 2 is 2.38 bits per heavy atom. The molecule has 16 heavy (non-hydrogen) atoms. The van der Waals surface area contributed by atoms with Gasteiger partial charge in [0.25, 0.3) is 0 Å². The van der Waals surface area contributed by atoms with E-state index in [1.807, 2.05) is 12.1 Å². The zero-order chi connectivity index (χ0) is 11.5. The van der Waals surface area contributed by atoms with Gasteiger partial charge >= 0.3 is 0 Å². The van der Waals surface area contributed by atoms with Crippen LogP contribution < -0.4 is 5.32 Å². The molecule has 1 saturated heterocycles. The molecule has 2 rings (SSSR count). The first-order chi connectivity index (χ1) is 7.65. The number of nitrogens with one attached hydrogen (secondary N) is 1. The van der Waals surface area contributed by atoms with E-state index in [1.165, 1.54) is 0 Å². The Labute approximate surface area is 101 Å². The van der Waals surface area contributed by atoms with Crippen LogP contribution in [-0.4, -0.2) is 35.7 Å². The summed E-state index contributed by atoms with van der Waals surface area (Å²) in [6.45, 7) is 6.23. The third-order valence-corrected chi connectivity index (χ3v) is 3.17. The molecule has 1 aromatic rings. The molecule has 3 nitrogen and oxygen atoms in total. The number of rotatable bonds is 2. The third-order valence-electron chi connectivity index (χ3n) is 2.87. The summed E-state index contributed by atoms with van der Waals surface area (Å²) in [7, 11) is 0. The fourth-order valence-corrected chi connectivity index (χ4v) is 2.27. The van der Waals surface area contributed by atoms with Crippen LogP contribution in [0, 0.1) is 0 Å². The number of benzene rings is 1. The van der Waals surface area contributed by atoms with Crippen LogP contribution in [0.3, 0.4) is 0 Å². The number of nitrogens with zero attached hydrogens (tertiary/aromatic N) is 1. The molecule has 88 valence electrons. The highest BCUT2D eigenvalue weighted by Gasteiger charge is 2.15. The van der Waals surface area contributed by atoms with E-state index in [2.05, 4.69) is 17.1 Å². The Bertz CT molecular complexity index is 370. The van der Waals surface area contributed by atoms with E-state index in [4.69, 9.17) is 11.6 Å². The lowest BCUT2D eigenvalue weighted by Gasteiger charge is -2.31. The van der Waals surface area contributed by atoms with Gasteiger partial charge in [0.05, 0.1) is 5.02 Å². The molecule has 1 fully saturated rings. The van der Waals surface area contributed by atoms with E-state index >= 15 is 0 Å². The van der Waals surface area contributed by atoms with Gasteiger partial charge in [0.15, 0.2) is 0 Å². The largest absolute Gasteiger partial charge is 0.506 e. The standard InChI is InChI=1S/C12H17ClN2O/c1-9-7-15(5-4-14-9)8-10-2-3-12(16)11(13)6-10/h2-3,6,9,14,16H,4-5,7-8H2,1H3. The third kappa shape index (κ3) is 2.88. The molecule has 0 saturated carbocycles. The second-order valence-corrected chi connectivity index (χ2v) is 4.78. The van der Waals surface area contributed by atoms with Crippen LogP contribution in [0.25, 0.3) is 0 Å². The van der Waals surface area contributed by atoms with E-state index < -0.39 is 0 Å². The van der Waals surface area contributed by atoms with Crippen LogP contribution in [0.15, 0.2) is 18.2 Å². The van der Waals surface area contributed by atoms with Gasteiger partial charge in [-0.25, -0.2) is 0 Å². The Morgan fingerprint density at radius 3 is 3.06 bits per heavy atom. The molecule has 1 aromatic carbocycles. The fourth-order valence-electron chi connectivity index (χ4n) is 2.06. The van der Waals surface area contributed by atoms with Crippen molar-refractivity contribution in [3.8, 4) is 5.75 Å². The van der Waals surface area contributed by atoms with E-state index in [-0.39, 0.29) is 5.75 Å². The van der Waals surface area contributed by atoms with Gasteiger partial charge in [0.1, 0.15) is 5.75 Å². The summed E-state index contributed by atoms with van der Waals surface area (Å²) in [5.41, 5.74) is 1.15.